The van der Waals surface area contributed by atoms with Gasteiger partial charge in [-0.25, -0.2) is 9.48 Å². The van der Waals surface area contributed by atoms with Crippen LogP contribution in [0.25, 0.3) is 5.69 Å². The summed E-state index contributed by atoms with van der Waals surface area (Å²) in [7, 11) is 3.05. The number of rotatable bonds is 3. The van der Waals surface area contributed by atoms with Crippen LogP contribution < -0.4 is 16.4 Å². The Morgan fingerprint density at radius 3 is 2.76 bits per heavy atom. The lowest BCUT2D eigenvalue weighted by atomic mass is 10.0. The number of nitrogens with one attached hydrogen (secondary N) is 2. The number of likely N-dealkylation sites (N-methyl/N-ethyl adjacent to an activating group) is 1. The number of hydrogen-bond donors (Lipinski definition) is 4. The van der Waals surface area contributed by atoms with Crippen LogP contribution in [0.2, 0.25) is 0 Å². The van der Waals surface area contributed by atoms with Crippen LogP contribution in [0, 0.1) is 11.8 Å². The number of nitrogens with zero attached hydrogens (tertiary/aromatic N) is 3. The molecule has 1 aliphatic heterocycles. The molecule has 5 N–H and O–H groups in total. The lowest BCUT2D eigenvalue weighted by molar-refractivity contribution is -0.137. The Hall–Kier alpha value is -3.84. The molecule has 1 atom stereocenters. The summed E-state index contributed by atoms with van der Waals surface area (Å²) in [6, 6.07) is 6.29. The third kappa shape index (κ3) is 4.04. The summed E-state index contributed by atoms with van der Waals surface area (Å²) in [5.41, 5.74) is 4.78. The smallest absolute Gasteiger partial charge is 0.319 e. The van der Waals surface area contributed by atoms with Gasteiger partial charge in [0.05, 0.1) is 17.6 Å². The maximum atomic E-state index is 12.0. The fraction of sp³-hybridized carbons (Fsp3) is 0.263. The van der Waals surface area contributed by atoms with E-state index in [0.717, 1.165) is 0 Å². The number of anilines is 1. The summed E-state index contributed by atoms with van der Waals surface area (Å²) in [5, 5.41) is 19.4. The molecule has 1 fully saturated rings. The van der Waals surface area contributed by atoms with Crippen LogP contribution in [0.3, 0.4) is 0 Å². The third-order valence-corrected chi connectivity index (χ3v) is 4.46. The second kappa shape index (κ2) is 7.65. The highest BCUT2D eigenvalue weighted by atomic mass is 16.3. The van der Waals surface area contributed by atoms with E-state index in [4.69, 9.17) is 5.73 Å². The van der Waals surface area contributed by atoms with Gasteiger partial charge in [0.2, 0.25) is 5.60 Å². The van der Waals surface area contributed by atoms with Crippen molar-refractivity contribution in [1.29, 1.82) is 0 Å². The number of likely N-dealkylation sites (tertiary alicyclic amines) is 1. The first-order valence-corrected chi connectivity index (χ1v) is 8.73. The highest BCUT2D eigenvalue weighted by Gasteiger charge is 2.42. The molecule has 0 saturated carbocycles. The fourth-order valence-electron chi connectivity index (χ4n) is 2.84. The minimum absolute atomic E-state index is 0.0982. The molecule has 1 aliphatic rings. The molecule has 10 nitrogen and oxygen atoms in total. The van der Waals surface area contributed by atoms with Gasteiger partial charge in [0.15, 0.2) is 5.69 Å². The van der Waals surface area contributed by atoms with E-state index in [9.17, 15) is 19.5 Å². The first-order chi connectivity index (χ1) is 13.7. The molecule has 1 aromatic heterocycles. The van der Waals surface area contributed by atoms with Crippen molar-refractivity contribution >= 4 is 23.5 Å². The van der Waals surface area contributed by atoms with Crippen LogP contribution in [-0.2, 0) is 4.79 Å². The van der Waals surface area contributed by atoms with Crippen molar-refractivity contribution in [2.45, 2.75) is 12.0 Å². The monoisotopic (exact) mass is 396 g/mol. The van der Waals surface area contributed by atoms with Crippen molar-refractivity contribution in [2.75, 3.05) is 26.0 Å². The predicted molar refractivity (Wildman–Crippen MR) is 104 cm³/mol. The molecule has 0 bridgehead atoms. The summed E-state index contributed by atoms with van der Waals surface area (Å²) in [6.07, 6.45) is 1.69. The Labute approximate surface area is 166 Å². The van der Waals surface area contributed by atoms with Gasteiger partial charge in [0, 0.05) is 32.6 Å². The number of primary amides is 1. The number of aromatic nitrogens is 2. The van der Waals surface area contributed by atoms with Crippen molar-refractivity contribution in [2.24, 2.45) is 5.73 Å². The second-order valence-electron chi connectivity index (χ2n) is 6.54. The third-order valence-electron chi connectivity index (χ3n) is 4.46. The quantitative estimate of drug-likeness (QED) is 0.525. The molecule has 150 valence electrons. The minimum atomic E-state index is -1.69. The maximum absolute atomic E-state index is 12.0. The number of urea groups is 1. The molecular formula is C19H20N6O4. The lowest BCUT2D eigenvalue weighted by Crippen LogP contribution is -2.37. The fourth-order valence-corrected chi connectivity index (χ4v) is 2.84. The van der Waals surface area contributed by atoms with Crippen LogP contribution in [0.15, 0.2) is 30.5 Å². The van der Waals surface area contributed by atoms with Gasteiger partial charge >= 0.3 is 6.03 Å². The van der Waals surface area contributed by atoms with E-state index in [2.05, 4.69) is 27.6 Å². The molecule has 4 amide bonds. The van der Waals surface area contributed by atoms with Crippen LogP contribution in [-0.4, -0.2) is 63.9 Å². The van der Waals surface area contributed by atoms with E-state index >= 15 is 0 Å². The van der Waals surface area contributed by atoms with Crippen molar-refractivity contribution < 1.29 is 19.5 Å². The summed E-state index contributed by atoms with van der Waals surface area (Å²) in [4.78, 5) is 36.7. The molecule has 0 unspecified atom stereocenters. The molecule has 2 heterocycles. The van der Waals surface area contributed by atoms with Crippen molar-refractivity contribution in [3.05, 3.63) is 41.7 Å². The molecule has 1 aromatic carbocycles. The molecule has 10 heteroatoms. The Morgan fingerprint density at radius 2 is 2.14 bits per heavy atom. The van der Waals surface area contributed by atoms with E-state index < -0.39 is 23.4 Å². The highest BCUT2D eigenvalue weighted by molar-refractivity contribution is 6.01. The molecule has 0 spiro atoms. The first kappa shape index (κ1) is 19.9. The van der Waals surface area contributed by atoms with E-state index in [1.165, 1.54) is 22.8 Å². The Morgan fingerprint density at radius 1 is 1.38 bits per heavy atom. The highest BCUT2D eigenvalue weighted by Crippen LogP contribution is 2.21. The molecular weight excluding hydrogens is 376 g/mol. The van der Waals surface area contributed by atoms with Gasteiger partial charge in [-0.05, 0) is 18.2 Å². The molecule has 0 radical (unpaired) electrons. The number of hydrogen-bond acceptors (Lipinski definition) is 5. The molecule has 29 heavy (non-hydrogen) atoms. The first-order valence-electron chi connectivity index (χ1n) is 8.73. The van der Waals surface area contributed by atoms with Crippen molar-refractivity contribution in [3.63, 3.8) is 0 Å². The van der Waals surface area contributed by atoms with Crippen LogP contribution in [0.4, 0.5) is 10.5 Å². The number of nitrogens with two attached hydrogens (primary N) is 1. The molecule has 2 aromatic rings. The number of amides is 4. The summed E-state index contributed by atoms with van der Waals surface area (Å²) >= 11 is 0. The number of aliphatic hydroxyl groups is 1. The van der Waals surface area contributed by atoms with E-state index in [-0.39, 0.29) is 17.8 Å². The van der Waals surface area contributed by atoms with E-state index in [0.29, 0.717) is 17.8 Å². The van der Waals surface area contributed by atoms with Gasteiger partial charge < -0.3 is 26.4 Å². The zero-order valence-corrected chi connectivity index (χ0v) is 15.9. The lowest BCUT2D eigenvalue weighted by Gasteiger charge is -2.13. The Bertz CT molecular complexity index is 1050. The summed E-state index contributed by atoms with van der Waals surface area (Å²) in [6.45, 7) is 0.439. The van der Waals surface area contributed by atoms with E-state index in [1.807, 2.05) is 0 Å². The minimum Gasteiger partial charge on any atom is -0.369 e. The van der Waals surface area contributed by atoms with E-state index in [1.54, 1.807) is 31.3 Å². The second-order valence-corrected chi connectivity index (χ2v) is 6.54. The number of carbonyl (C=O) groups is 3. The topological polar surface area (TPSA) is 143 Å². The van der Waals surface area contributed by atoms with Gasteiger partial charge in [-0.2, -0.15) is 5.10 Å². The zero-order chi connectivity index (χ0) is 21.2. The standard InChI is InChI=1S/C19H20N6O4/c1-21-18(28)22-14-11-25(23-15(14)16(20)26)13-5-3-4-12(10-13)6-7-19(29)8-9-24(2)17(19)27/h3-5,10-11,29H,8-9H2,1-2H3,(H2,20,26)(H2,21,22,28)/t19-/m0/s1. The van der Waals surface area contributed by atoms with Crippen molar-refractivity contribution in [1.82, 2.24) is 20.0 Å². The van der Waals surface area contributed by atoms with Gasteiger partial charge in [-0.3, -0.25) is 9.59 Å². The van der Waals surface area contributed by atoms with Crippen LogP contribution in [0.1, 0.15) is 22.5 Å². The Balaban J connectivity index is 1.92. The van der Waals surface area contributed by atoms with Gasteiger partial charge in [0.25, 0.3) is 11.8 Å². The largest absolute Gasteiger partial charge is 0.369 e. The maximum Gasteiger partial charge on any atom is 0.319 e. The number of carbonyl (C=O) groups excluding carboxylic acids is 3. The average Bonchev–Trinajstić information content (AvgIpc) is 3.24. The SMILES string of the molecule is CNC(=O)Nc1cn(-c2cccc(C#C[C@]3(O)CCN(C)C3=O)c2)nc1C(N)=O. The van der Waals surface area contributed by atoms with Crippen molar-refractivity contribution in [3.8, 4) is 17.5 Å². The average molecular weight is 396 g/mol. The van der Waals surface area contributed by atoms with Gasteiger partial charge in [0.1, 0.15) is 0 Å². The van der Waals surface area contributed by atoms with Gasteiger partial charge in [-0.1, -0.05) is 17.9 Å². The van der Waals surface area contributed by atoms with Crippen LogP contribution >= 0.6 is 0 Å². The summed E-state index contributed by atoms with van der Waals surface area (Å²) < 4.78 is 1.37. The molecule has 0 aliphatic carbocycles. The van der Waals surface area contributed by atoms with Gasteiger partial charge in [-0.15, -0.1) is 0 Å². The van der Waals surface area contributed by atoms with Crippen LogP contribution in [0.5, 0.6) is 0 Å². The molecule has 3 rings (SSSR count). The normalized spacial score (nSPS) is 18.2. The molecule has 1 saturated heterocycles. The zero-order valence-electron chi connectivity index (χ0n) is 15.9. The predicted octanol–water partition coefficient (Wildman–Crippen LogP) is -0.333. The number of benzene rings is 1. The summed E-state index contributed by atoms with van der Waals surface area (Å²) in [5.74, 6) is 4.24. The Kier molecular flexibility index (Phi) is 5.25.